The molecule has 234 valence electrons. The average Bonchev–Trinajstić information content (AvgIpc) is 3.05. The van der Waals surface area contributed by atoms with Crippen LogP contribution in [0.1, 0.15) is 53.9 Å². The van der Waals surface area contributed by atoms with E-state index in [1.54, 1.807) is 13.3 Å². The number of ketones is 1. The molecule has 2 N–H and O–H groups in total. The molecule has 2 atom stereocenters. The number of ether oxygens (including phenoxy) is 2. The number of aromatic nitrogens is 1. The molecule has 2 aliphatic rings. The Morgan fingerprint density at radius 3 is 2.57 bits per heavy atom. The quantitative estimate of drug-likeness (QED) is 0.205. The van der Waals surface area contributed by atoms with E-state index in [0.29, 0.717) is 52.6 Å². The van der Waals surface area contributed by atoms with Gasteiger partial charge in [0.2, 0.25) is 0 Å². The number of pyridine rings is 1. The molecular weight excluding hydrogens is 605 g/mol. The highest BCUT2D eigenvalue weighted by Crippen LogP contribution is 2.46. The molecule has 4 aromatic rings. The summed E-state index contributed by atoms with van der Waals surface area (Å²) < 4.78 is 25.3. The van der Waals surface area contributed by atoms with Crippen molar-refractivity contribution in [2.75, 3.05) is 12.4 Å². The zero-order valence-electron chi connectivity index (χ0n) is 25.7. The highest BCUT2D eigenvalue weighted by molar-refractivity contribution is 6.30. The summed E-state index contributed by atoms with van der Waals surface area (Å²) in [5.74, 6) is -0.144. The lowest BCUT2D eigenvalue weighted by molar-refractivity contribution is -0.116. The number of hydrogen-bond acceptors (Lipinski definition) is 6. The Morgan fingerprint density at radius 1 is 1.02 bits per heavy atom. The Balaban J connectivity index is 1.41. The molecule has 0 bridgehead atoms. The highest BCUT2D eigenvalue weighted by Gasteiger charge is 2.41. The van der Waals surface area contributed by atoms with Crippen molar-refractivity contribution in [2.24, 2.45) is 0 Å². The zero-order chi connectivity index (χ0) is 32.4. The van der Waals surface area contributed by atoms with Gasteiger partial charge in [0.15, 0.2) is 5.78 Å². The Bertz CT molecular complexity index is 1890. The maximum atomic E-state index is 14.1. The van der Waals surface area contributed by atoms with E-state index in [1.807, 2.05) is 74.5 Å². The topological polar surface area (TPSA) is 89.5 Å². The number of aryl methyl sites for hydroxylation is 1. The number of amides is 1. The number of Topliss-reactive ketones (excluding diaryl/α,β-unsaturated/α-hetero) is 1. The molecular formula is C37H33ClFN3O4. The number of rotatable bonds is 8. The molecule has 1 aromatic heterocycles. The van der Waals surface area contributed by atoms with Crippen LogP contribution in [0.2, 0.25) is 5.02 Å². The van der Waals surface area contributed by atoms with E-state index in [2.05, 4.69) is 15.6 Å². The first-order valence-corrected chi connectivity index (χ1v) is 15.4. The third kappa shape index (κ3) is 6.26. The molecule has 7 nitrogen and oxygen atoms in total. The molecule has 0 unspecified atom stereocenters. The predicted octanol–water partition coefficient (Wildman–Crippen LogP) is 7.77. The number of nitrogens with zero attached hydrogens (tertiary/aromatic N) is 1. The van der Waals surface area contributed by atoms with Crippen molar-refractivity contribution in [2.45, 2.75) is 45.1 Å². The van der Waals surface area contributed by atoms with Crippen LogP contribution < -0.4 is 20.1 Å². The Labute approximate surface area is 272 Å². The van der Waals surface area contributed by atoms with Gasteiger partial charge in [-0.15, -0.1) is 0 Å². The van der Waals surface area contributed by atoms with Gasteiger partial charge in [-0.3, -0.25) is 9.59 Å². The van der Waals surface area contributed by atoms with Crippen LogP contribution in [-0.4, -0.2) is 23.8 Å². The summed E-state index contributed by atoms with van der Waals surface area (Å²) in [6, 6.07) is 23.4. The van der Waals surface area contributed by atoms with Gasteiger partial charge in [0.05, 0.1) is 12.1 Å². The van der Waals surface area contributed by atoms with E-state index in [4.69, 9.17) is 21.1 Å². The number of carbonyl (C=O) groups excluding carboxylic acids is 2. The Hall–Kier alpha value is -4.95. The number of hydrogen-bond donors (Lipinski definition) is 2. The summed E-state index contributed by atoms with van der Waals surface area (Å²) in [7, 11) is 1.56. The van der Waals surface area contributed by atoms with Gasteiger partial charge in [-0.25, -0.2) is 9.37 Å². The number of carbonyl (C=O) groups is 2. The van der Waals surface area contributed by atoms with Gasteiger partial charge in [-0.2, -0.15) is 0 Å². The molecule has 3 aromatic carbocycles. The minimum Gasteiger partial charge on any atom is -0.496 e. The first-order valence-electron chi connectivity index (χ1n) is 15.0. The van der Waals surface area contributed by atoms with Crippen LogP contribution in [0.25, 0.3) is 0 Å². The van der Waals surface area contributed by atoms with Crippen molar-refractivity contribution in [1.82, 2.24) is 10.3 Å². The molecule has 46 heavy (non-hydrogen) atoms. The second kappa shape index (κ2) is 13.2. The lowest BCUT2D eigenvalue weighted by Crippen LogP contribution is -2.37. The first kappa shape index (κ1) is 31.0. The molecule has 0 saturated carbocycles. The molecule has 6 rings (SSSR count). The van der Waals surface area contributed by atoms with Crippen LogP contribution in [0.3, 0.4) is 0 Å². The average molecular weight is 638 g/mol. The maximum Gasteiger partial charge on any atom is 0.255 e. The van der Waals surface area contributed by atoms with Crippen LogP contribution >= 0.6 is 11.6 Å². The molecule has 1 aliphatic heterocycles. The third-order valence-electron chi connectivity index (χ3n) is 8.51. The predicted molar refractivity (Wildman–Crippen MR) is 175 cm³/mol. The van der Waals surface area contributed by atoms with E-state index < -0.39 is 11.7 Å². The minimum absolute atomic E-state index is 0.0160. The van der Waals surface area contributed by atoms with Crippen molar-refractivity contribution in [3.8, 4) is 11.5 Å². The summed E-state index contributed by atoms with van der Waals surface area (Å²) in [6.45, 7) is 3.82. The van der Waals surface area contributed by atoms with Crippen molar-refractivity contribution in [3.63, 3.8) is 0 Å². The molecule has 1 aliphatic carbocycles. The number of methoxy groups -OCH3 is 1. The SMILES string of the molecule is COc1ccc([C@H]2C(C(=O)Nc3ncccc3C)=C(C)NC3=C2C(=O)C[C@@H](c2ccccc2)C3)cc1COc1ccc(F)c(Cl)c1. The van der Waals surface area contributed by atoms with Crippen molar-refractivity contribution < 1.29 is 23.5 Å². The number of allylic oxidation sites excluding steroid dienone is 3. The fourth-order valence-electron chi connectivity index (χ4n) is 6.24. The van der Waals surface area contributed by atoms with Gasteiger partial charge in [0.1, 0.15) is 29.7 Å². The van der Waals surface area contributed by atoms with E-state index in [9.17, 15) is 14.0 Å². The third-order valence-corrected chi connectivity index (χ3v) is 8.80. The standard InChI is InChI=1S/C37H33ClFN3O4/c1-21-8-7-15-40-36(21)42-37(44)33-22(2)41-30-17-25(23-9-5-4-6-10-23)18-31(43)35(30)34(33)24-11-14-32(45-3)26(16-24)20-46-27-12-13-29(39)28(38)19-27/h4-16,19,25,34,41H,17-18,20H2,1-3H3,(H,40,42,44)/t25-,34-/m0/s1. The highest BCUT2D eigenvalue weighted by atomic mass is 35.5. The van der Waals surface area contributed by atoms with Crippen molar-refractivity contribution >= 4 is 29.1 Å². The first-order chi connectivity index (χ1) is 22.2. The van der Waals surface area contributed by atoms with E-state index >= 15 is 0 Å². The minimum atomic E-state index is -0.658. The van der Waals surface area contributed by atoms with Crippen molar-refractivity contribution in [1.29, 1.82) is 0 Å². The molecule has 9 heteroatoms. The van der Waals surface area contributed by atoms with E-state index in [-0.39, 0.29) is 29.2 Å². The number of dihydropyridines is 1. The number of nitrogens with one attached hydrogen (secondary N) is 2. The van der Waals surface area contributed by atoms with Gasteiger partial charge in [0, 0.05) is 52.7 Å². The number of benzene rings is 3. The smallest absolute Gasteiger partial charge is 0.255 e. The van der Waals surface area contributed by atoms with Gasteiger partial charge in [-0.1, -0.05) is 54.1 Å². The summed E-state index contributed by atoms with van der Waals surface area (Å²) in [5, 5.41) is 6.37. The van der Waals surface area contributed by atoms with Crippen LogP contribution in [0, 0.1) is 12.7 Å². The number of halogens is 2. The molecule has 0 fully saturated rings. The van der Waals surface area contributed by atoms with Gasteiger partial charge in [-0.05, 0) is 73.2 Å². The lowest BCUT2D eigenvalue weighted by atomic mass is 9.71. The largest absolute Gasteiger partial charge is 0.496 e. The van der Waals surface area contributed by atoms with Gasteiger partial charge < -0.3 is 20.1 Å². The molecule has 1 amide bonds. The monoisotopic (exact) mass is 637 g/mol. The normalized spacial score (nSPS) is 17.7. The fourth-order valence-corrected chi connectivity index (χ4v) is 6.41. The Morgan fingerprint density at radius 2 is 1.83 bits per heavy atom. The van der Waals surface area contributed by atoms with Crippen LogP contribution in [0.5, 0.6) is 11.5 Å². The Kier molecular flexibility index (Phi) is 8.90. The number of anilines is 1. The molecule has 0 saturated heterocycles. The lowest BCUT2D eigenvalue weighted by Gasteiger charge is -2.37. The fraction of sp³-hybridized carbons (Fsp3) is 0.216. The van der Waals surface area contributed by atoms with Crippen LogP contribution in [-0.2, 0) is 16.2 Å². The molecule has 0 spiro atoms. The summed E-state index contributed by atoms with van der Waals surface area (Å²) >= 11 is 5.97. The van der Waals surface area contributed by atoms with Crippen LogP contribution in [0.4, 0.5) is 10.2 Å². The second-order valence-corrected chi connectivity index (χ2v) is 11.9. The zero-order valence-corrected chi connectivity index (χ0v) is 26.5. The second-order valence-electron chi connectivity index (χ2n) is 11.5. The van der Waals surface area contributed by atoms with E-state index in [0.717, 1.165) is 22.4 Å². The molecule has 2 heterocycles. The van der Waals surface area contributed by atoms with Crippen LogP contribution in [0.15, 0.2) is 108 Å². The summed E-state index contributed by atoms with van der Waals surface area (Å²) in [6.07, 6.45) is 2.58. The van der Waals surface area contributed by atoms with Crippen molar-refractivity contribution in [3.05, 3.63) is 141 Å². The molecule has 0 radical (unpaired) electrons. The van der Waals surface area contributed by atoms with Gasteiger partial charge in [0.25, 0.3) is 5.91 Å². The summed E-state index contributed by atoms with van der Waals surface area (Å²) in [5.41, 5.74) is 5.81. The summed E-state index contributed by atoms with van der Waals surface area (Å²) in [4.78, 5) is 32.5. The maximum absolute atomic E-state index is 14.1. The van der Waals surface area contributed by atoms with E-state index in [1.165, 1.54) is 18.2 Å². The van der Waals surface area contributed by atoms with Gasteiger partial charge >= 0.3 is 0 Å².